The van der Waals surface area contributed by atoms with Crippen LogP contribution in [0.15, 0.2) is 65.7 Å². The maximum Gasteiger partial charge on any atom is 0.259 e. The van der Waals surface area contributed by atoms with Crippen LogP contribution < -0.4 is 10.9 Å². The lowest BCUT2D eigenvalue weighted by Crippen LogP contribution is -2.33. The molecule has 1 N–H and O–H groups in total. The molecule has 0 spiro atoms. The van der Waals surface area contributed by atoms with E-state index in [0.717, 1.165) is 16.5 Å². The summed E-state index contributed by atoms with van der Waals surface area (Å²) in [4.78, 5) is 34.4. The van der Waals surface area contributed by atoms with E-state index in [1.54, 1.807) is 43.7 Å². The zero-order chi connectivity index (χ0) is 24.6. The number of aryl methyl sites for hydroxylation is 1. The standard InChI is InChI=1S/C27H23N5O3/c1-27(15-28)16-35-14-19-6-5-17(10-22(19)27)25(33)30-13-20-11-24-18(12-29-20)7-8-23(31-24)21-4-3-9-32(2)26(21)34/h3-12H,13-14,16H2,1-2H3,(H,30,33)/t27-/m1/s1. The largest absolute Gasteiger partial charge is 0.375 e. The lowest BCUT2D eigenvalue weighted by atomic mass is 9.79. The predicted octanol–water partition coefficient (Wildman–Crippen LogP) is 3.24. The second-order valence-corrected chi connectivity index (χ2v) is 8.89. The number of hydrogen-bond donors (Lipinski definition) is 1. The maximum absolute atomic E-state index is 12.9. The van der Waals surface area contributed by atoms with E-state index in [1.807, 2.05) is 31.2 Å². The Balaban J connectivity index is 1.37. The number of carbonyl (C=O) groups is 1. The molecule has 4 heterocycles. The Morgan fingerprint density at radius 1 is 1.26 bits per heavy atom. The third-order valence-electron chi connectivity index (χ3n) is 6.32. The first kappa shape index (κ1) is 22.4. The number of ether oxygens (including phenoxy) is 1. The van der Waals surface area contributed by atoms with Crippen LogP contribution in [0, 0.1) is 11.3 Å². The SMILES string of the molecule is Cn1cccc(-c2ccc3cnc(CNC(=O)c4ccc5c(c4)[C@](C)(C#N)COC5)cc3n2)c1=O. The Kier molecular flexibility index (Phi) is 5.63. The lowest BCUT2D eigenvalue weighted by Gasteiger charge is -2.30. The summed E-state index contributed by atoms with van der Waals surface area (Å²) in [5, 5.41) is 13.4. The molecule has 0 radical (unpaired) electrons. The maximum atomic E-state index is 12.9. The van der Waals surface area contributed by atoms with Crippen LogP contribution in [0.25, 0.3) is 22.2 Å². The van der Waals surface area contributed by atoms with Crippen molar-refractivity contribution in [2.75, 3.05) is 6.61 Å². The van der Waals surface area contributed by atoms with Gasteiger partial charge in [0.2, 0.25) is 0 Å². The van der Waals surface area contributed by atoms with Gasteiger partial charge >= 0.3 is 0 Å². The van der Waals surface area contributed by atoms with Crippen LogP contribution in [0.4, 0.5) is 0 Å². The molecule has 1 amide bonds. The zero-order valence-electron chi connectivity index (χ0n) is 19.4. The van der Waals surface area contributed by atoms with Crippen molar-refractivity contribution in [3.63, 3.8) is 0 Å². The van der Waals surface area contributed by atoms with Gasteiger partial charge in [0.15, 0.2) is 0 Å². The molecule has 1 aliphatic rings. The van der Waals surface area contributed by atoms with Crippen LogP contribution in [0.2, 0.25) is 0 Å². The Hall–Kier alpha value is -4.35. The lowest BCUT2D eigenvalue weighted by molar-refractivity contribution is 0.0757. The summed E-state index contributed by atoms with van der Waals surface area (Å²) in [5.41, 5.74) is 3.75. The fourth-order valence-corrected chi connectivity index (χ4v) is 4.26. The van der Waals surface area contributed by atoms with Gasteiger partial charge in [-0.05, 0) is 60.5 Å². The molecule has 174 valence electrons. The fourth-order valence-electron chi connectivity index (χ4n) is 4.26. The first-order valence-electron chi connectivity index (χ1n) is 11.2. The monoisotopic (exact) mass is 465 g/mol. The van der Waals surface area contributed by atoms with Crippen molar-refractivity contribution in [1.29, 1.82) is 5.26 Å². The van der Waals surface area contributed by atoms with E-state index in [0.29, 0.717) is 41.2 Å². The van der Waals surface area contributed by atoms with Gasteiger partial charge in [0.25, 0.3) is 11.5 Å². The summed E-state index contributed by atoms with van der Waals surface area (Å²) in [5.74, 6) is -0.254. The van der Waals surface area contributed by atoms with Gasteiger partial charge in [0, 0.05) is 30.4 Å². The molecular formula is C27H23N5O3. The smallest absolute Gasteiger partial charge is 0.259 e. The number of carbonyl (C=O) groups excluding carboxylic acids is 1. The van der Waals surface area contributed by atoms with Gasteiger partial charge in [0.05, 0.1) is 48.3 Å². The Morgan fingerprint density at radius 2 is 2.11 bits per heavy atom. The van der Waals surface area contributed by atoms with Crippen molar-refractivity contribution in [1.82, 2.24) is 19.9 Å². The molecule has 8 heteroatoms. The number of pyridine rings is 3. The first-order valence-corrected chi connectivity index (χ1v) is 11.2. The van der Waals surface area contributed by atoms with E-state index in [9.17, 15) is 14.9 Å². The van der Waals surface area contributed by atoms with Gasteiger partial charge in [-0.1, -0.05) is 6.07 Å². The minimum absolute atomic E-state index is 0.120. The van der Waals surface area contributed by atoms with Crippen molar-refractivity contribution in [3.8, 4) is 17.3 Å². The second kappa shape index (κ2) is 8.78. The quantitative estimate of drug-likeness (QED) is 0.496. The second-order valence-electron chi connectivity index (χ2n) is 8.89. The Morgan fingerprint density at radius 3 is 2.94 bits per heavy atom. The number of fused-ring (bicyclic) bond motifs is 2. The molecule has 5 rings (SSSR count). The summed E-state index contributed by atoms with van der Waals surface area (Å²) >= 11 is 0. The Labute approximate surface area is 201 Å². The average molecular weight is 466 g/mol. The van der Waals surface area contributed by atoms with Crippen molar-refractivity contribution in [2.45, 2.75) is 25.5 Å². The highest BCUT2D eigenvalue weighted by molar-refractivity contribution is 5.94. The molecule has 1 atom stereocenters. The van der Waals surface area contributed by atoms with Crippen molar-refractivity contribution in [3.05, 3.63) is 93.7 Å². The molecule has 35 heavy (non-hydrogen) atoms. The number of benzene rings is 1. The average Bonchev–Trinajstić information content (AvgIpc) is 2.88. The Bertz CT molecular complexity index is 1570. The van der Waals surface area contributed by atoms with E-state index in [-0.39, 0.29) is 18.0 Å². The fraction of sp³-hybridized carbons (Fsp3) is 0.222. The van der Waals surface area contributed by atoms with Crippen LogP contribution in [0.1, 0.15) is 34.1 Å². The predicted molar refractivity (Wildman–Crippen MR) is 130 cm³/mol. The molecule has 0 saturated heterocycles. The summed E-state index contributed by atoms with van der Waals surface area (Å²) in [6.45, 7) is 2.76. The topological polar surface area (TPSA) is 110 Å². The third kappa shape index (κ3) is 4.18. The summed E-state index contributed by atoms with van der Waals surface area (Å²) in [6, 6.07) is 16.7. The van der Waals surface area contributed by atoms with E-state index < -0.39 is 5.41 Å². The number of amides is 1. The number of aromatic nitrogens is 3. The highest BCUT2D eigenvalue weighted by Gasteiger charge is 2.33. The highest BCUT2D eigenvalue weighted by Crippen LogP contribution is 2.32. The van der Waals surface area contributed by atoms with Gasteiger partial charge in [-0.15, -0.1) is 0 Å². The molecule has 1 aliphatic heterocycles. The molecule has 1 aromatic carbocycles. The van der Waals surface area contributed by atoms with Crippen LogP contribution in [0.3, 0.4) is 0 Å². The number of hydrogen-bond acceptors (Lipinski definition) is 6. The highest BCUT2D eigenvalue weighted by atomic mass is 16.5. The van der Waals surface area contributed by atoms with Crippen LogP contribution in [0.5, 0.6) is 0 Å². The molecule has 0 bridgehead atoms. The molecule has 8 nitrogen and oxygen atoms in total. The van der Waals surface area contributed by atoms with Gasteiger partial charge in [-0.25, -0.2) is 4.98 Å². The normalized spacial score (nSPS) is 16.9. The van der Waals surface area contributed by atoms with Crippen molar-refractivity contribution < 1.29 is 9.53 Å². The minimum Gasteiger partial charge on any atom is -0.375 e. The van der Waals surface area contributed by atoms with Crippen molar-refractivity contribution in [2.24, 2.45) is 7.05 Å². The van der Waals surface area contributed by atoms with Gasteiger partial charge in [-0.2, -0.15) is 5.26 Å². The molecule has 0 fully saturated rings. The summed E-state index contributed by atoms with van der Waals surface area (Å²) in [7, 11) is 1.70. The molecule has 0 saturated carbocycles. The van der Waals surface area contributed by atoms with Crippen LogP contribution >= 0.6 is 0 Å². The van der Waals surface area contributed by atoms with Crippen molar-refractivity contribution >= 4 is 16.8 Å². The number of nitrogens with one attached hydrogen (secondary N) is 1. The van der Waals surface area contributed by atoms with E-state index in [4.69, 9.17) is 4.74 Å². The number of nitrogens with zero attached hydrogens (tertiary/aromatic N) is 4. The summed E-state index contributed by atoms with van der Waals surface area (Å²) < 4.78 is 7.05. The molecule has 0 unspecified atom stereocenters. The summed E-state index contributed by atoms with van der Waals surface area (Å²) in [6.07, 6.45) is 3.41. The number of rotatable bonds is 4. The van der Waals surface area contributed by atoms with Gasteiger partial charge in [-0.3, -0.25) is 14.6 Å². The molecule has 3 aromatic heterocycles. The van der Waals surface area contributed by atoms with E-state index >= 15 is 0 Å². The van der Waals surface area contributed by atoms with Crippen LogP contribution in [-0.2, 0) is 30.4 Å². The molecular weight excluding hydrogens is 442 g/mol. The van der Waals surface area contributed by atoms with E-state index in [2.05, 4.69) is 21.4 Å². The molecule has 0 aliphatic carbocycles. The molecule has 4 aromatic rings. The van der Waals surface area contributed by atoms with Crippen LogP contribution in [-0.4, -0.2) is 27.0 Å². The third-order valence-corrected chi connectivity index (χ3v) is 6.32. The minimum atomic E-state index is -0.785. The van der Waals surface area contributed by atoms with Gasteiger partial charge < -0.3 is 14.6 Å². The first-order chi connectivity index (χ1) is 16.9. The van der Waals surface area contributed by atoms with E-state index in [1.165, 1.54) is 4.57 Å². The zero-order valence-corrected chi connectivity index (χ0v) is 19.4. The number of nitriles is 1. The van der Waals surface area contributed by atoms with Gasteiger partial charge in [0.1, 0.15) is 5.41 Å².